The van der Waals surface area contributed by atoms with Gasteiger partial charge in [-0.25, -0.2) is 9.59 Å². The van der Waals surface area contributed by atoms with Crippen LogP contribution in [0.4, 0.5) is 0 Å². The molecule has 6 rings (SSSR count). The molecule has 1 aliphatic rings. The number of carbonyl (C=O) groups excluding carboxylic acids is 2. The van der Waals surface area contributed by atoms with Gasteiger partial charge in [-0.1, -0.05) is 76.7 Å². The zero-order chi connectivity index (χ0) is 36.4. The molecule has 1 aliphatic heterocycles. The van der Waals surface area contributed by atoms with Gasteiger partial charge in [-0.15, -0.1) is 6.58 Å². The maximum atomic E-state index is 13.5. The van der Waals surface area contributed by atoms with Gasteiger partial charge in [0.2, 0.25) is 0 Å². The van der Waals surface area contributed by atoms with Crippen LogP contribution in [0.5, 0.6) is 34.5 Å². The van der Waals surface area contributed by atoms with E-state index in [1.807, 2.05) is 12.1 Å². The lowest BCUT2D eigenvalue weighted by Gasteiger charge is -2.23. The molecule has 0 fully saturated rings. The van der Waals surface area contributed by atoms with Gasteiger partial charge in [-0.2, -0.15) is 0 Å². The third-order valence-corrected chi connectivity index (χ3v) is 9.53. The summed E-state index contributed by atoms with van der Waals surface area (Å²) in [6.07, 6.45) is 1.22. The lowest BCUT2D eigenvalue weighted by molar-refractivity contribution is 0.0733. The molecule has 1 N–H and O–H groups in total. The van der Waals surface area contributed by atoms with E-state index >= 15 is 0 Å². The molecule has 0 bridgehead atoms. The summed E-state index contributed by atoms with van der Waals surface area (Å²) in [5.74, 6) is -1.17. The Bertz CT molecular complexity index is 2040. The minimum Gasteiger partial charge on any atom is -0.504 e. The summed E-state index contributed by atoms with van der Waals surface area (Å²) < 4.78 is 29.1. The molecule has 2 atom stereocenters. The number of phenols is 1. The SMILES string of the molecule is C=CCc1c(O)c(OC)cc2c1[C@@H](c1cc(OC(=O)c3c(Cl)cccc3Cl)cc(OC(=O)c3c(Cl)cccc3Cl)c1)[C@H](c1ccc(OC)cc1)O2. The fraction of sp³-hybridized carbons (Fsp3) is 0.128. The van der Waals surface area contributed by atoms with Crippen LogP contribution in [0, 0.1) is 0 Å². The predicted molar refractivity (Wildman–Crippen MR) is 196 cm³/mol. The van der Waals surface area contributed by atoms with Crippen molar-refractivity contribution in [2.45, 2.75) is 18.4 Å². The molecule has 51 heavy (non-hydrogen) atoms. The number of hydrogen-bond acceptors (Lipinski definition) is 8. The van der Waals surface area contributed by atoms with E-state index in [2.05, 4.69) is 6.58 Å². The van der Waals surface area contributed by atoms with Crippen LogP contribution in [-0.2, 0) is 6.42 Å². The Morgan fingerprint density at radius 3 is 1.75 bits per heavy atom. The number of rotatable bonds is 10. The molecule has 0 radical (unpaired) electrons. The summed E-state index contributed by atoms with van der Waals surface area (Å²) in [5.41, 5.74) is 2.27. The average Bonchev–Trinajstić information content (AvgIpc) is 3.48. The van der Waals surface area contributed by atoms with Crippen molar-refractivity contribution in [2.75, 3.05) is 14.2 Å². The van der Waals surface area contributed by atoms with Crippen LogP contribution in [0.25, 0.3) is 0 Å². The Morgan fingerprint density at radius 2 is 1.27 bits per heavy atom. The van der Waals surface area contributed by atoms with E-state index in [0.29, 0.717) is 28.2 Å². The molecule has 8 nitrogen and oxygen atoms in total. The van der Waals surface area contributed by atoms with Crippen molar-refractivity contribution in [3.8, 4) is 34.5 Å². The average molecular weight is 766 g/mol. The van der Waals surface area contributed by atoms with Crippen LogP contribution in [0.1, 0.15) is 55.0 Å². The highest BCUT2D eigenvalue weighted by molar-refractivity contribution is 6.40. The Morgan fingerprint density at radius 1 is 0.745 bits per heavy atom. The number of esters is 2. The monoisotopic (exact) mass is 764 g/mol. The number of phenolic OH excluding ortho intramolecular Hbond substituents is 1. The Balaban J connectivity index is 1.55. The molecule has 5 aromatic carbocycles. The third-order valence-electron chi connectivity index (χ3n) is 8.27. The molecule has 0 amide bonds. The zero-order valence-corrected chi connectivity index (χ0v) is 30.1. The van der Waals surface area contributed by atoms with Crippen LogP contribution >= 0.6 is 46.4 Å². The fourth-order valence-corrected chi connectivity index (χ4v) is 7.08. The maximum Gasteiger partial charge on any atom is 0.346 e. The molecule has 12 heteroatoms. The first-order chi connectivity index (χ1) is 24.5. The number of benzene rings is 5. The number of aromatic hydroxyl groups is 1. The van der Waals surface area contributed by atoms with Crippen LogP contribution in [0.3, 0.4) is 0 Å². The van der Waals surface area contributed by atoms with Gasteiger partial charge in [0.15, 0.2) is 11.5 Å². The van der Waals surface area contributed by atoms with E-state index in [1.165, 1.54) is 37.4 Å². The number of carbonyl (C=O) groups is 2. The summed E-state index contributed by atoms with van der Waals surface area (Å²) in [4.78, 5) is 27.0. The van der Waals surface area contributed by atoms with Gasteiger partial charge in [-0.3, -0.25) is 0 Å². The van der Waals surface area contributed by atoms with Gasteiger partial charge in [0.1, 0.15) is 29.1 Å². The van der Waals surface area contributed by atoms with Crippen molar-refractivity contribution >= 4 is 58.3 Å². The molecule has 0 aliphatic carbocycles. The van der Waals surface area contributed by atoms with E-state index in [0.717, 1.165) is 5.56 Å². The lowest BCUT2D eigenvalue weighted by Crippen LogP contribution is -2.15. The molecule has 0 spiro atoms. The first-order valence-corrected chi connectivity index (χ1v) is 16.9. The second kappa shape index (κ2) is 15.2. The summed E-state index contributed by atoms with van der Waals surface area (Å²) in [7, 11) is 3.01. The second-order valence-electron chi connectivity index (χ2n) is 11.3. The normalized spacial score (nSPS) is 14.6. The van der Waals surface area contributed by atoms with Crippen molar-refractivity contribution in [1.29, 1.82) is 0 Å². The van der Waals surface area contributed by atoms with Crippen LogP contribution < -0.4 is 23.7 Å². The molecular formula is C39H28Cl4O8. The number of hydrogen-bond donors (Lipinski definition) is 1. The second-order valence-corrected chi connectivity index (χ2v) is 12.9. The summed E-state index contributed by atoms with van der Waals surface area (Å²) >= 11 is 25.3. The van der Waals surface area contributed by atoms with Crippen molar-refractivity contribution in [2.24, 2.45) is 0 Å². The van der Waals surface area contributed by atoms with Gasteiger partial charge in [0, 0.05) is 23.3 Å². The zero-order valence-electron chi connectivity index (χ0n) is 27.0. The van der Waals surface area contributed by atoms with E-state index < -0.39 is 24.0 Å². The molecule has 0 saturated carbocycles. The van der Waals surface area contributed by atoms with Gasteiger partial charge < -0.3 is 28.8 Å². The number of allylic oxidation sites excluding steroid dienone is 1. The van der Waals surface area contributed by atoms with Crippen molar-refractivity contribution in [3.63, 3.8) is 0 Å². The van der Waals surface area contributed by atoms with E-state index in [9.17, 15) is 14.7 Å². The van der Waals surface area contributed by atoms with Gasteiger partial charge >= 0.3 is 11.9 Å². The summed E-state index contributed by atoms with van der Waals surface area (Å²) in [5, 5.41) is 11.7. The summed E-state index contributed by atoms with van der Waals surface area (Å²) in [6.45, 7) is 3.89. The van der Waals surface area contributed by atoms with Gasteiger partial charge in [0.25, 0.3) is 0 Å². The quantitative estimate of drug-likeness (QED) is 0.0852. The minimum absolute atomic E-state index is 0.00789. The van der Waals surface area contributed by atoms with Crippen molar-refractivity contribution in [3.05, 3.63) is 151 Å². The Hall–Kier alpha value is -4.86. The first-order valence-electron chi connectivity index (χ1n) is 15.4. The smallest absolute Gasteiger partial charge is 0.346 e. The minimum atomic E-state index is -0.848. The van der Waals surface area contributed by atoms with E-state index in [4.69, 9.17) is 70.1 Å². The topological polar surface area (TPSA) is 101 Å². The van der Waals surface area contributed by atoms with Gasteiger partial charge in [0.05, 0.1) is 51.4 Å². The molecule has 1 heterocycles. The molecular weight excluding hydrogens is 738 g/mol. The highest BCUT2D eigenvalue weighted by atomic mass is 35.5. The largest absolute Gasteiger partial charge is 0.504 e. The molecule has 0 saturated heterocycles. The number of fused-ring (bicyclic) bond motifs is 1. The molecule has 5 aromatic rings. The Kier molecular flexibility index (Phi) is 10.7. The van der Waals surface area contributed by atoms with Crippen LogP contribution in [0.2, 0.25) is 20.1 Å². The van der Waals surface area contributed by atoms with Crippen molar-refractivity contribution in [1.82, 2.24) is 0 Å². The summed E-state index contributed by atoms with van der Waals surface area (Å²) in [6, 6.07) is 22.7. The predicted octanol–water partition coefficient (Wildman–Crippen LogP) is 10.5. The first kappa shape index (κ1) is 35.9. The van der Waals surface area contributed by atoms with Crippen LogP contribution in [-0.4, -0.2) is 31.3 Å². The standard InChI is InChI=1S/C39H28Cl4O8/c1-4-7-25-33-30(19-31(48-3)36(25)44)51-37(20-12-14-22(47-2)15-13-20)32(33)21-16-23(49-38(45)34-26(40)8-5-9-27(34)41)18-24(17-21)50-39(46)35-28(42)10-6-11-29(35)43/h4-6,8-19,32,37,44H,1,7H2,2-3H3/t32-,37+/m1/s1. The van der Waals surface area contributed by atoms with E-state index in [1.54, 1.807) is 55.7 Å². The molecule has 0 unspecified atom stereocenters. The number of methoxy groups -OCH3 is 2. The third kappa shape index (κ3) is 7.18. The highest BCUT2D eigenvalue weighted by Gasteiger charge is 2.41. The highest BCUT2D eigenvalue weighted by Crippen LogP contribution is 2.56. The van der Waals surface area contributed by atoms with Gasteiger partial charge in [-0.05, 0) is 66.1 Å². The van der Waals surface area contributed by atoms with E-state index in [-0.39, 0.29) is 60.6 Å². The molecule has 260 valence electrons. The van der Waals surface area contributed by atoms with Crippen LogP contribution in [0.15, 0.2) is 97.6 Å². The number of ether oxygens (including phenoxy) is 5. The lowest BCUT2D eigenvalue weighted by atomic mass is 9.82. The number of halogens is 4. The fourth-order valence-electron chi connectivity index (χ4n) is 5.98. The maximum absolute atomic E-state index is 13.5. The van der Waals surface area contributed by atoms with Crippen molar-refractivity contribution < 1.29 is 38.4 Å². The Labute approximate surface area is 313 Å². The molecule has 0 aromatic heterocycles.